The number of aryl methyl sites for hydroxylation is 2. The first-order valence-corrected chi connectivity index (χ1v) is 6.50. The van der Waals surface area contributed by atoms with Gasteiger partial charge in [0.2, 0.25) is 0 Å². The zero-order valence-electron chi connectivity index (χ0n) is 11.9. The van der Waals surface area contributed by atoms with Crippen molar-refractivity contribution in [2.45, 2.75) is 46.2 Å². The molecule has 0 aliphatic carbocycles. The number of alkyl halides is 3. The summed E-state index contributed by atoms with van der Waals surface area (Å²) in [4.78, 5) is 0. The molecule has 4 heteroatoms. The highest BCUT2D eigenvalue weighted by Gasteiger charge is 2.35. The molecule has 0 N–H and O–H groups in total. The van der Waals surface area contributed by atoms with Gasteiger partial charge in [-0.05, 0) is 42.9 Å². The smallest absolute Gasteiger partial charge is 0.419 e. The van der Waals surface area contributed by atoms with Crippen LogP contribution in [0.3, 0.4) is 0 Å². The second-order valence-corrected chi connectivity index (χ2v) is 5.29. The third-order valence-corrected chi connectivity index (χ3v) is 3.05. The van der Waals surface area contributed by atoms with Gasteiger partial charge in [-0.3, -0.25) is 0 Å². The molecule has 0 bridgehead atoms. The number of methoxy groups -OCH3 is 1. The van der Waals surface area contributed by atoms with E-state index in [0.29, 0.717) is 23.5 Å². The minimum Gasteiger partial charge on any atom is -0.496 e. The van der Waals surface area contributed by atoms with Crippen LogP contribution in [0, 0.1) is 12.8 Å². The van der Waals surface area contributed by atoms with Crippen LogP contribution < -0.4 is 4.74 Å². The molecule has 0 saturated carbocycles. The molecule has 0 spiro atoms. The summed E-state index contributed by atoms with van der Waals surface area (Å²) in [6, 6.07) is 2.93. The van der Waals surface area contributed by atoms with Crippen LogP contribution in [0.15, 0.2) is 12.1 Å². The molecule has 0 radical (unpaired) electrons. The molecule has 1 aromatic rings. The van der Waals surface area contributed by atoms with Gasteiger partial charge >= 0.3 is 6.18 Å². The second kappa shape index (κ2) is 6.31. The monoisotopic (exact) mass is 274 g/mol. The van der Waals surface area contributed by atoms with Crippen LogP contribution in [-0.2, 0) is 12.6 Å². The minimum absolute atomic E-state index is 0.0261. The first-order chi connectivity index (χ1) is 8.75. The lowest BCUT2D eigenvalue weighted by Gasteiger charge is -2.17. The topological polar surface area (TPSA) is 9.23 Å². The van der Waals surface area contributed by atoms with Crippen LogP contribution >= 0.6 is 0 Å². The van der Waals surface area contributed by atoms with Crippen molar-refractivity contribution in [2.75, 3.05) is 7.11 Å². The van der Waals surface area contributed by atoms with E-state index < -0.39 is 11.7 Å². The largest absolute Gasteiger partial charge is 0.496 e. The summed E-state index contributed by atoms with van der Waals surface area (Å²) in [6.45, 7) is 5.89. The van der Waals surface area contributed by atoms with Gasteiger partial charge in [-0.15, -0.1) is 0 Å². The fraction of sp³-hybridized carbons (Fsp3) is 0.600. The van der Waals surface area contributed by atoms with Crippen molar-refractivity contribution in [3.8, 4) is 5.75 Å². The van der Waals surface area contributed by atoms with Gasteiger partial charge in [-0.2, -0.15) is 13.2 Å². The molecule has 1 nitrogen and oxygen atoms in total. The van der Waals surface area contributed by atoms with Crippen LogP contribution in [-0.4, -0.2) is 7.11 Å². The number of halogens is 3. The van der Waals surface area contributed by atoms with Crippen molar-refractivity contribution in [2.24, 2.45) is 5.92 Å². The number of benzene rings is 1. The molecule has 0 amide bonds. The maximum Gasteiger partial charge on any atom is 0.419 e. The molecule has 0 aromatic heterocycles. The molecule has 1 rings (SSSR count). The van der Waals surface area contributed by atoms with Crippen molar-refractivity contribution < 1.29 is 17.9 Å². The molecule has 0 saturated heterocycles. The highest BCUT2D eigenvalue weighted by Crippen LogP contribution is 2.39. The van der Waals surface area contributed by atoms with Crippen LogP contribution in [0.1, 0.15) is 43.4 Å². The fourth-order valence-electron chi connectivity index (χ4n) is 2.19. The SMILES string of the molecule is COc1c(CCCC(C)C)cc(C)cc1C(F)(F)F. The number of hydrogen-bond acceptors (Lipinski definition) is 1. The van der Waals surface area contributed by atoms with E-state index >= 15 is 0 Å². The molecular weight excluding hydrogens is 253 g/mol. The molecular formula is C15H21F3O. The minimum atomic E-state index is -4.37. The van der Waals surface area contributed by atoms with Crippen LogP contribution in [0.5, 0.6) is 5.75 Å². The second-order valence-electron chi connectivity index (χ2n) is 5.29. The fourth-order valence-corrected chi connectivity index (χ4v) is 2.19. The van der Waals surface area contributed by atoms with E-state index in [0.717, 1.165) is 18.9 Å². The van der Waals surface area contributed by atoms with E-state index in [4.69, 9.17) is 4.74 Å². The lowest BCUT2D eigenvalue weighted by molar-refractivity contribution is -0.138. The Morgan fingerprint density at radius 1 is 1.21 bits per heavy atom. The molecule has 19 heavy (non-hydrogen) atoms. The third-order valence-electron chi connectivity index (χ3n) is 3.05. The molecule has 0 aliphatic rings. The Morgan fingerprint density at radius 2 is 1.84 bits per heavy atom. The van der Waals surface area contributed by atoms with Crippen molar-refractivity contribution in [1.29, 1.82) is 0 Å². The van der Waals surface area contributed by atoms with E-state index in [1.54, 1.807) is 13.0 Å². The lowest BCUT2D eigenvalue weighted by Crippen LogP contribution is -2.10. The third kappa shape index (κ3) is 4.44. The molecule has 108 valence electrons. The highest BCUT2D eigenvalue weighted by molar-refractivity contribution is 5.46. The molecule has 1 aromatic carbocycles. The Bertz CT molecular complexity index is 422. The Hall–Kier alpha value is -1.19. The Balaban J connectivity index is 3.06. The van der Waals surface area contributed by atoms with Crippen LogP contribution in [0.4, 0.5) is 13.2 Å². The van der Waals surface area contributed by atoms with E-state index in [9.17, 15) is 13.2 Å². The summed E-state index contributed by atoms with van der Waals surface area (Å²) in [5.74, 6) is 0.528. The van der Waals surface area contributed by atoms with Gasteiger partial charge in [0.15, 0.2) is 0 Å². The Labute approximate surface area is 112 Å². The summed E-state index contributed by atoms with van der Waals surface area (Å²) < 4.78 is 43.9. The van der Waals surface area contributed by atoms with Gasteiger partial charge in [0.1, 0.15) is 5.75 Å². The predicted molar refractivity (Wildman–Crippen MR) is 70.5 cm³/mol. The average molecular weight is 274 g/mol. The molecule has 0 atom stereocenters. The quantitative estimate of drug-likeness (QED) is 0.734. The van der Waals surface area contributed by atoms with Crippen molar-refractivity contribution >= 4 is 0 Å². The predicted octanol–water partition coefficient (Wildman–Crippen LogP) is 5.00. The molecule has 0 aliphatic heterocycles. The van der Waals surface area contributed by atoms with Crippen LogP contribution in [0.25, 0.3) is 0 Å². The van der Waals surface area contributed by atoms with Crippen molar-refractivity contribution in [3.63, 3.8) is 0 Å². The van der Waals surface area contributed by atoms with Gasteiger partial charge in [0.25, 0.3) is 0 Å². The van der Waals surface area contributed by atoms with Gasteiger partial charge in [-0.25, -0.2) is 0 Å². The standard InChI is InChI=1S/C15H21F3O/c1-10(2)6-5-7-12-8-11(3)9-13(14(12)19-4)15(16,17)18/h8-10H,5-7H2,1-4H3. The maximum atomic E-state index is 13.0. The average Bonchev–Trinajstić information content (AvgIpc) is 2.26. The zero-order chi connectivity index (χ0) is 14.6. The van der Waals surface area contributed by atoms with E-state index in [1.165, 1.54) is 7.11 Å². The first-order valence-electron chi connectivity index (χ1n) is 6.50. The highest BCUT2D eigenvalue weighted by atomic mass is 19.4. The van der Waals surface area contributed by atoms with Gasteiger partial charge in [-0.1, -0.05) is 26.3 Å². The summed E-state index contributed by atoms with van der Waals surface area (Å²) >= 11 is 0. The summed E-state index contributed by atoms with van der Waals surface area (Å²) in [6.07, 6.45) is -1.89. The first kappa shape index (κ1) is 15.9. The molecule has 0 unspecified atom stereocenters. The normalized spacial score (nSPS) is 12.0. The molecule has 0 fully saturated rings. The van der Waals surface area contributed by atoms with Gasteiger partial charge in [0.05, 0.1) is 12.7 Å². The van der Waals surface area contributed by atoms with Crippen molar-refractivity contribution in [3.05, 3.63) is 28.8 Å². The van der Waals surface area contributed by atoms with E-state index in [-0.39, 0.29) is 5.75 Å². The Morgan fingerprint density at radius 3 is 2.32 bits per heavy atom. The van der Waals surface area contributed by atoms with Crippen molar-refractivity contribution in [1.82, 2.24) is 0 Å². The van der Waals surface area contributed by atoms with Gasteiger partial charge < -0.3 is 4.74 Å². The summed E-state index contributed by atoms with van der Waals surface area (Å²) in [7, 11) is 1.30. The zero-order valence-corrected chi connectivity index (χ0v) is 11.9. The number of ether oxygens (including phenoxy) is 1. The lowest BCUT2D eigenvalue weighted by atomic mass is 9.98. The number of hydrogen-bond donors (Lipinski definition) is 0. The number of rotatable bonds is 5. The summed E-state index contributed by atoms with van der Waals surface area (Å²) in [5, 5.41) is 0. The van der Waals surface area contributed by atoms with E-state index in [1.807, 2.05) is 0 Å². The molecule has 0 heterocycles. The van der Waals surface area contributed by atoms with Crippen LogP contribution in [0.2, 0.25) is 0 Å². The maximum absolute atomic E-state index is 13.0. The van der Waals surface area contributed by atoms with Gasteiger partial charge in [0, 0.05) is 0 Å². The van der Waals surface area contributed by atoms with E-state index in [2.05, 4.69) is 13.8 Å². The Kier molecular flexibility index (Phi) is 5.27. The summed E-state index contributed by atoms with van der Waals surface area (Å²) in [5.41, 5.74) is 0.595.